The molecule has 3 fully saturated rings. The average Bonchev–Trinajstić information content (AvgIpc) is 3.11. The van der Waals surface area contributed by atoms with E-state index in [0.717, 1.165) is 31.6 Å². The number of ether oxygens (including phenoxy) is 2. The molecular formula is C18H25N3O3. The Labute approximate surface area is 142 Å². The van der Waals surface area contributed by atoms with E-state index in [0.29, 0.717) is 31.9 Å². The van der Waals surface area contributed by atoms with Crippen molar-refractivity contribution in [2.24, 2.45) is 0 Å². The number of piperidine rings is 2. The Balaban J connectivity index is 1.43. The summed E-state index contributed by atoms with van der Waals surface area (Å²) in [6, 6.07) is 1.99. The van der Waals surface area contributed by atoms with Gasteiger partial charge in [0.1, 0.15) is 0 Å². The molecule has 0 aromatic carbocycles. The number of nitrogens with zero attached hydrogens (tertiary/aromatic N) is 3. The average molecular weight is 331 g/mol. The topological polar surface area (TPSA) is 54.9 Å². The molecule has 24 heavy (non-hydrogen) atoms. The quantitative estimate of drug-likeness (QED) is 0.830. The minimum absolute atomic E-state index is 0.0641. The van der Waals surface area contributed by atoms with E-state index in [-0.39, 0.29) is 5.91 Å². The van der Waals surface area contributed by atoms with Gasteiger partial charge in [0, 0.05) is 45.2 Å². The minimum Gasteiger partial charge on any atom is -0.370 e. The number of carbonyl (C=O) groups is 1. The highest BCUT2D eigenvalue weighted by Gasteiger charge is 2.40. The summed E-state index contributed by atoms with van der Waals surface area (Å²) in [5.41, 5.74) is 1.75. The lowest BCUT2D eigenvalue weighted by Gasteiger charge is -2.37. The van der Waals surface area contributed by atoms with Gasteiger partial charge in [-0.3, -0.25) is 9.78 Å². The van der Waals surface area contributed by atoms with Gasteiger partial charge in [-0.05, 0) is 25.3 Å². The van der Waals surface area contributed by atoms with E-state index < -0.39 is 5.79 Å². The molecule has 1 spiro atoms. The van der Waals surface area contributed by atoms with Gasteiger partial charge in [-0.2, -0.15) is 0 Å². The molecule has 1 aromatic rings. The van der Waals surface area contributed by atoms with Crippen molar-refractivity contribution in [2.45, 2.75) is 37.9 Å². The first kappa shape index (κ1) is 15.8. The molecule has 6 heteroatoms. The van der Waals surface area contributed by atoms with Crippen LogP contribution >= 0.6 is 0 Å². The Morgan fingerprint density at radius 2 is 1.71 bits per heavy atom. The van der Waals surface area contributed by atoms with Crippen molar-refractivity contribution in [1.82, 2.24) is 9.88 Å². The zero-order valence-electron chi connectivity index (χ0n) is 14.1. The minimum atomic E-state index is -0.440. The van der Waals surface area contributed by atoms with Crippen LogP contribution in [0.1, 0.15) is 42.5 Å². The van der Waals surface area contributed by atoms with E-state index >= 15 is 0 Å². The van der Waals surface area contributed by atoms with Crippen LogP contribution in [0, 0.1) is 0 Å². The van der Waals surface area contributed by atoms with E-state index in [9.17, 15) is 4.79 Å². The number of aromatic nitrogens is 1. The van der Waals surface area contributed by atoms with Gasteiger partial charge in [0.25, 0.3) is 5.91 Å². The molecule has 0 saturated carbocycles. The summed E-state index contributed by atoms with van der Waals surface area (Å²) in [5.74, 6) is -0.376. The number of pyridine rings is 1. The zero-order valence-corrected chi connectivity index (χ0v) is 14.1. The standard InChI is InChI=1S/C18H25N3O3/c22-17(21-8-4-18(5-9-21)23-10-11-24-18)15-12-16(14-19-13-15)20-6-2-1-3-7-20/h12-14H,1-11H2. The first-order chi connectivity index (χ1) is 11.8. The van der Waals surface area contributed by atoms with Gasteiger partial charge in [0.05, 0.1) is 30.7 Å². The first-order valence-corrected chi connectivity index (χ1v) is 9.03. The van der Waals surface area contributed by atoms with E-state index in [1.54, 1.807) is 6.20 Å². The number of hydrogen-bond donors (Lipinski definition) is 0. The molecule has 6 nitrogen and oxygen atoms in total. The molecule has 3 aliphatic rings. The van der Waals surface area contributed by atoms with E-state index in [1.807, 2.05) is 17.2 Å². The lowest BCUT2D eigenvalue weighted by molar-refractivity contribution is -0.181. The Morgan fingerprint density at radius 1 is 1.00 bits per heavy atom. The summed E-state index contributed by atoms with van der Waals surface area (Å²) in [5, 5.41) is 0. The third-order valence-electron chi connectivity index (χ3n) is 5.32. The van der Waals surface area contributed by atoms with Crippen LogP contribution in [0.4, 0.5) is 5.69 Å². The third-order valence-corrected chi connectivity index (χ3v) is 5.32. The molecule has 1 amide bonds. The fourth-order valence-corrected chi connectivity index (χ4v) is 3.89. The van der Waals surface area contributed by atoms with Crippen molar-refractivity contribution in [3.05, 3.63) is 24.0 Å². The van der Waals surface area contributed by atoms with Crippen LogP contribution in [0.25, 0.3) is 0 Å². The maximum absolute atomic E-state index is 12.8. The lowest BCUT2D eigenvalue weighted by atomic mass is 10.0. The highest BCUT2D eigenvalue weighted by atomic mass is 16.7. The molecule has 0 atom stereocenters. The number of amides is 1. The number of likely N-dealkylation sites (tertiary alicyclic amines) is 1. The van der Waals surface area contributed by atoms with Crippen LogP contribution in [0.15, 0.2) is 18.5 Å². The largest absolute Gasteiger partial charge is 0.370 e. The van der Waals surface area contributed by atoms with Gasteiger partial charge < -0.3 is 19.3 Å². The van der Waals surface area contributed by atoms with Crippen molar-refractivity contribution in [2.75, 3.05) is 44.3 Å². The highest BCUT2D eigenvalue weighted by molar-refractivity contribution is 5.94. The molecule has 0 bridgehead atoms. The van der Waals surface area contributed by atoms with Gasteiger partial charge in [0.15, 0.2) is 5.79 Å². The summed E-state index contributed by atoms with van der Waals surface area (Å²) in [4.78, 5) is 21.4. The Hall–Kier alpha value is -1.66. The molecular weight excluding hydrogens is 306 g/mol. The van der Waals surface area contributed by atoms with E-state index in [1.165, 1.54) is 19.3 Å². The van der Waals surface area contributed by atoms with Crippen molar-refractivity contribution >= 4 is 11.6 Å². The van der Waals surface area contributed by atoms with E-state index in [4.69, 9.17) is 9.47 Å². The fourth-order valence-electron chi connectivity index (χ4n) is 3.89. The van der Waals surface area contributed by atoms with Crippen LogP contribution in [0.5, 0.6) is 0 Å². The maximum atomic E-state index is 12.8. The van der Waals surface area contributed by atoms with Gasteiger partial charge in [-0.15, -0.1) is 0 Å². The van der Waals surface area contributed by atoms with Gasteiger partial charge in [-0.1, -0.05) is 0 Å². The second kappa shape index (κ2) is 6.69. The zero-order chi connectivity index (χ0) is 16.4. The predicted octanol–water partition coefficient (Wildman–Crippen LogP) is 2.05. The highest BCUT2D eigenvalue weighted by Crippen LogP contribution is 2.32. The number of rotatable bonds is 2. The molecule has 3 saturated heterocycles. The van der Waals surface area contributed by atoms with Gasteiger partial charge in [-0.25, -0.2) is 0 Å². The molecule has 130 valence electrons. The molecule has 3 aliphatic heterocycles. The van der Waals surface area contributed by atoms with Crippen LogP contribution in [-0.4, -0.2) is 61.0 Å². The van der Waals surface area contributed by atoms with Crippen molar-refractivity contribution in [1.29, 1.82) is 0 Å². The number of hydrogen-bond acceptors (Lipinski definition) is 5. The smallest absolute Gasteiger partial charge is 0.255 e. The normalized spacial score (nSPS) is 23.7. The Bertz CT molecular complexity index is 585. The van der Waals surface area contributed by atoms with Crippen molar-refractivity contribution in [3.63, 3.8) is 0 Å². The summed E-state index contributed by atoms with van der Waals surface area (Å²) in [7, 11) is 0. The molecule has 0 radical (unpaired) electrons. The Morgan fingerprint density at radius 3 is 2.42 bits per heavy atom. The fraction of sp³-hybridized carbons (Fsp3) is 0.667. The van der Waals surface area contributed by atoms with E-state index in [2.05, 4.69) is 9.88 Å². The van der Waals surface area contributed by atoms with Crippen molar-refractivity contribution in [3.8, 4) is 0 Å². The summed E-state index contributed by atoms with van der Waals surface area (Å²) >= 11 is 0. The monoisotopic (exact) mass is 331 g/mol. The molecule has 4 heterocycles. The summed E-state index contributed by atoms with van der Waals surface area (Å²) < 4.78 is 11.5. The van der Waals surface area contributed by atoms with Gasteiger partial charge in [0.2, 0.25) is 0 Å². The molecule has 4 rings (SSSR count). The maximum Gasteiger partial charge on any atom is 0.255 e. The lowest BCUT2D eigenvalue weighted by Crippen LogP contribution is -2.47. The molecule has 1 aromatic heterocycles. The van der Waals surface area contributed by atoms with Crippen molar-refractivity contribution < 1.29 is 14.3 Å². The Kier molecular flexibility index (Phi) is 4.41. The van der Waals surface area contributed by atoms with Crippen LogP contribution in [0.2, 0.25) is 0 Å². The van der Waals surface area contributed by atoms with Crippen LogP contribution < -0.4 is 4.90 Å². The summed E-state index contributed by atoms with van der Waals surface area (Å²) in [6.07, 6.45) is 8.77. The third kappa shape index (κ3) is 3.13. The second-order valence-electron chi connectivity index (χ2n) is 6.88. The van der Waals surface area contributed by atoms with Crippen LogP contribution in [-0.2, 0) is 9.47 Å². The predicted molar refractivity (Wildman–Crippen MR) is 90.1 cm³/mol. The van der Waals surface area contributed by atoms with Gasteiger partial charge >= 0.3 is 0 Å². The summed E-state index contributed by atoms with van der Waals surface area (Å²) in [6.45, 7) is 4.78. The first-order valence-electron chi connectivity index (χ1n) is 9.03. The molecule has 0 aliphatic carbocycles. The molecule has 0 N–H and O–H groups in total. The number of anilines is 1. The molecule has 0 unspecified atom stereocenters. The van der Waals surface area contributed by atoms with Crippen LogP contribution in [0.3, 0.4) is 0 Å². The SMILES string of the molecule is O=C(c1cncc(N2CCCCC2)c1)N1CCC2(CC1)OCCO2. The number of carbonyl (C=O) groups excluding carboxylic acids is 1. The second-order valence-corrected chi connectivity index (χ2v) is 6.88.